The van der Waals surface area contributed by atoms with Gasteiger partial charge in [0.15, 0.2) is 4.80 Å². The van der Waals surface area contributed by atoms with Crippen molar-refractivity contribution in [1.29, 1.82) is 0 Å². The number of aromatic nitrogens is 1. The molecule has 0 radical (unpaired) electrons. The second-order valence-electron chi connectivity index (χ2n) is 8.35. The van der Waals surface area contributed by atoms with Crippen LogP contribution in [0.1, 0.15) is 15.9 Å². The molecule has 1 aliphatic heterocycles. The summed E-state index contributed by atoms with van der Waals surface area (Å²) in [5.74, 6) is -1.25. The molecule has 0 atom stereocenters. The zero-order valence-corrected chi connectivity index (χ0v) is 21.6. The van der Waals surface area contributed by atoms with Gasteiger partial charge in [-0.05, 0) is 48.4 Å². The smallest absolute Gasteiger partial charge is 0.325 e. The van der Waals surface area contributed by atoms with Crippen LogP contribution in [0.5, 0.6) is 0 Å². The highest BCUT2D eigenvalue weighted by molar-refractivity contribution is 7.92. The van der Waals surface area contributed by atoms with Crippen molar-refractivity contribution in [2.45, 2.75) is 17.9 Å². The third kappa shape index (κ3) is 4.57. The number of rotatable bonds is 6. The fourth-order valence-electron chi connectivity index (χ4n) is 4.21. The van der Waals surface area contributed by atoms with Gasteiger partial charge in [0.25, 0.3) is 21.6 Å². The number of fused-ring (bicyclic) bond motifs is 2. The highest BCUT2D eigenvalue weighted by Crippen LogP contribution is 2.32. The zero-order valence-electron chi connectivity index (χ0n) is 19.9. The molecule has 2 heterocycles. The van der Waals surface area contributed by atoms with E-state index in [2.05, 4.69) is 4.99 Å². The van der Waals surface area contributed by atoms with Crippen LogP contribution in [0, 0.1) is 10.1 Å². The molecule has 0 saturated heterocycles. The van der Waals surface area contributed by atoms with Gasteiger partial charge in [-0.3, -0.25) is 24.0 Å². The van der Waals surface area contributed by atoms with E-state index in [4.69, 9.17) is 4.74 Å². The number of hydrogen-bond acceptors (Lipinski definition) is 8. The minimum absolute atomic E-state index is 0.0423. The van der Waals surface area contributed by atoms with Gasteiger partial charge in [-0.1, -0.05) is 29.5 Å². The number of esters is 1. The number of thiazole rings is 1. The van der Waals surface area contributed by atoms with Gasteiger partial charge in [-0.15, -0.1) is 0 Å². The van der Waals surface area contributed by atoms with Crippen molar-refractivity contribution in [2.75, 3.05) is 18.0 Å². The summed E-state index contributed by atoms with van der Waals surface area (Å²) in [6.45, 7) is 0.0803. The fraction of sp³-hybridized carbons (Fsp3) is 0.160. The molecule has 1 aromatic heterocycles. The van der Waals surface area contributed by atoms with Crippen LogP contribution in [-0.2, 0) is 32.5 Å². The molecule has 13 heteroatoms. The molecule has 1 amide bonds. The Labute approximate surface area is 220 Å². The number of amides is 1. The predicted octanol–water partition coefficient (Wildman–Crippen LogP) is 3.28. The number of nitro benzene ring substituents is 1. The van der Waals surface area contributed by atoms with E-state index >= 15 is 0 Å². The second kappa shape index (κ2) is 9.84. The molecule has 0 bridgehead atoms. The van der Waals surface area contributed by atoms with Crippen LogP contribution in [0.25, 0.3) is 10.2 Å². The topological polar surface area (TPSA) is 141 Å². The minimum Gasteiger partial charge on any atom is -0.468 e. The van der Waals surface area contributed by atoms with Crippen LogP contribution in [0.3, 0.4) is 0 Å². The molecule has 4 aromatic rings. The van der Waals surface area contributed by atoms with Gasteiger partial charge in [0.2, 0.25) is 0 Å². The van der Waals surface area contributed by atoms with E-state index in [1.807, 2.05) is 12.1 Å². The zero-order chi connectivity index (χ0) is 27.0. The summed E-state index contributed by atoms with van der Waals surface area (Å²) >= 11 is 1.01. The van der Waals surface area contributed by atoms with Crippen LogP contribution in [0.4, 0.5) is 11.4 Å². The van der Waals surface area contributed by atoms with Crippen molar-refractivity contribution in [2.24, 2.45) is 4.99 Å². The van der Waals surface area contributed by atoms with E-state index in [1.54, 1.807) is 12.1 Å². The molecule has 1 aliphatic rings. The Morgan fingerprint density at radius 2 is 1.84 bits per heavy atom. The first-order chi connectivity index (χ1) is 18.2. The summed E-state index contributed by atoms with van der Waals surface area (Å²) in [5.41, 5.74) is 2.07. The molecular weight excluding hydrogens is 532 g/mol. The van der Waals surface area contributed by atoms with E-state index in [0.717, 1.165) is 16.9 Å². The van der Waals surface area contributed by atoms with Crippen LogP contribution in [-0.4, -0.2) is 43.4 Å². The molecule has 38 heavy (non-hydrogen) atoms. The van der Waals surface area contributed by atoms with Crippen molar-refractivity contribution in [3.63, 3.8) is 0 Å². The molecule has 194 valence electrons. The Morgan fingerprint density at radius 3 is 2.55 bits per heavy atom. The lowest BCUT2D eigenvalue weighted by Crippen LogP contribution is -2.29. The number of non-ortho nitro benzene ring substituents is 1. The third-order valence-electron chi connectivity index (χ3n) is 6.12. The van der Waals surface area contributed by atoms with Gasteiger partial charge in [-0.2, -0.15) is 4.99 Å². The average molecular weight is 553 g/mol. The Bertz CT molecular complexity index is 1770. The monoisotopic (exact) mass is 552 g/mol. The molecule has 0 spiro atoms. The van der Waals surface area contributed by atoms with E-state index < -0.39 is 26.8 Å². The van der Waals surface area contributed by atoms with Crippen molar-refractivity contribution in [1.82, 2.24) is 4.57 Å². The number of hydrogen-bond donors (Lipinski definition) is 0. The maximum atomic E-state index is 13.2. The standard InChI is InChI=1S/C25H20N4O7S2/c1-36-23(30)15-27-21-11-8-18(29(32)33)14-22(21)37-25(27)26-24(31)17-6-9-19(10-7-17)38(34,35)28-13-12-16-4-2-3-5-20(16)28/h2-11,14H,12-13,15H2,1H3. The second-order valence-corrected chi connectivity index (χ2v) is 11.2. The number of benzene rings is 3. The predicted molar refractivity (Wildman–Crippen MR) is 139 cm³/mol. The van der Waals surface area contributed by atoms with Crippen molar-refractivity contribution in [3.8, 4) is 0 Å². The quantitative estimate of drug-likeness (QED) is 0.203. The van der Waals surface area contributed by atoms with Crippen molar-refractivity contribution >= 4 is 54.8 Å². The molecule has 5 rings (SSSR count). The van der Waals surface area contributed by atoms with Gasteiger partial charge < -0.3 is 9.30 Å². The summed E-state index contributed by atoms with van der Waals surface area (Å²) < 4.78 is 34.5. The van der Waals surface area contributed by atoms with Crippen LogP contribution < -0.4 is 9.11 Å². The highest BCUT2D eigenvalue weighted by atomic mass is 32.2. The van der Waals surface area contributed by atoms with Gasteiger partial charge in [0.1, 0.15) is 6.54 Å². The van der Waals surface area contributed by atoms with Crippen LogP contribution in [0.2, 0.25) is 0 Å². The first kappa shape index (κ1) is 25.3. The number of ether oxygens (including phenoxy) is 1. The fourth-order valence-corrected chi connectivity index (χ4v) is 6.78. The molecule has 0 saturated carbocycles. The number of carbonyl (C=O) groups is 2. The summed E-state index contributed by atoms with van der Waals surface area (Å²) in [5, 5.41) is 11.2. The third-order valence-corrected chi connectivity index (χ3v) is 8.99. The number of nitro groups is 1. The first-order valence-corrected chi connectivity index (χ1v) is 13.6. The molecule has 3 aromatic carbocycles. The first-order valence-electron chi connectivity index (χ1n) is 11.3. The number of anilines is 1. The normalized spacial score (nSPS) is 13.5. The van der Waals surface area contributed by atoms with Crippen molar-refractivity contribution < 1.29 is 27.7 Å². The van der Waals surface area contributed by atoms with E-state index in [0.29, 0.717) is 28.9 Å². The molecule has 0 unspecified atom stereocenters. The lowest BCUT2D eigenvalue weighted by molar-refractivity contribution is -0.384. The Hall–Kier alpha value is -4.36. The van der Waals surface area contributed by atoms with E-state index in [-0.39, 0.29) is 27.5 Å². The van der Waals surface area contributed by atoms with E-state index in [9.17, 15) is 28.1 Å². The maximum absolute atomic E-state index is 13.2. The van der Waals surface area contributed by atoms with Crippen LogP contribution in [0.15, 0.2) is 76.6 Å². The number of methoxy groups -OCH3 is 1. The highest BCUT2D eigenvalue weighted by Gasteiger charge is 2.30. The summed E-state index contributed by atoms with van der Waals surface area (Å²) in [7, 11) is -2.60. The van der Waals surface area contributed by atoms with Gasteiger partial charge in [-0.25, -0.2) is 8.42 Å². The number of nitrogens with zero attached hydrogens (tertiary/aromatic N) is 4. The van der Waals surface area contributed by atoms with Crippen molar-refractivity contribution in [3.05, 3.63) is 92.8 Å². The number of carbonyl (C=O) groups excluding carboxylic acids is 2. The summed E-state index contributed by atoms with van der Waals surface area (Å²) in [6.07, 6.45) is 0.620. The molecule has 0 N–H and O–H groups in total. The maximum Gasteiger partial charge on any atom is 0.325 e. The lowest BCUT2D eigenvalue weighted by atomic mass is 10.2. The minimum atomic E-state index is -3.82. The van der Waals surface area contributed by atoms with Gasteiger partial charge in [0, 0.05) is 24.2 Å². The Balaban J connectivity index is 1.48. The summed E-state index contributed by atoms with van der Waals surface area (Å²) in [4.78, 5) is 39.9. The Morgan fingerprint density at radius 1 is 1.11 bits per heavy atom. The molecular formula is C25H20N4O7S2. The molecule has 11 nitrogen and oxygen atoms in total. The van der Waals surface area contributed by atoms with Gasteiger partial charge in [0.05, 0.1) is 32.8 Å². The Kier molecular flexibility index (Phi) is 6.55. The average Bonchev–Trinajstić information content (AvgIpc) is 3.50. The SMILES string of the molecule is COC(=O)Cn1c(=NC(=O)c2ccc(S(=O)(=O)N3CCc4ccccc43)cc2)sc2cc([N+](=O)[O-])ccc21. The van der Waals surface area contributed by atoms with E-state index in [1.165, 1.54) is 58.4 Å². The molecule has 0 fully saturated rings. The summed E-state index contributed by atoms with van der Waals surface area (Å²) in [6, 6.07) is 16.9. The van der Waals surface area contributed by atoms with Crippen LogP contribution >= 0.6 is 11.3 Å². The number of para-hydroxylation sites is 1. The number of sulfonamides is 1. The molecule has 0 aliphatic carbocycles. The van der Waals surface area contributed by atoms with Gasteiger partial charge >= 0.3 is 5.97 Å². The lowest BCUT2D eigenvalue weighted by Gasteiger charge is -2.19. The largest absolute Gasteiger partial charge is 0.468 e.